The van der Waals surface area contributed by atoms with Crippen LogP contribution in [0, 0.1) is 35.5 Å². The second-order valence-electron chi connectivity index (χ2n) is 25.4. The number of nitrogens with zero attached hydrogens (tertiary/aromatic N) is 6. The summed E-state index contributed by atoms with van der Waals surface area (Å²) < 4.78 is 24.6. The van der Waals surface area contributed by atoms with Crippen molar-refractivity contribution in [2.75, 3.05) is 104 Å². The normalized spacial score (nSPS) is 17.4. The molecule has 0 bridgehead atoms. The van der Waals surface area contributed by atoms with Gasteiger partial charge in [-0.3, -0.25) is 29.3 Å². The van der Waals surface area contributed by atoms with E-state index in [2.05, 4.69) is 148 Å². The van der Waals surface area contributed by atoms with Crippen LogP contribution in [0.15, 0.2) is 60.8 Å². The number of morpholine rings is 1. The zero-order valence-corrected chi connectivity index (χ0v) is 53.7. The second kappa shape index (κ2) is 32.6. The number of rotatable bonds is 29. The highest BCUT2D eigenvalue weighted by atomic mass is 16.5. The second-order valence-corrected chi connectivity index (χ2v) is 25.4. The minimum absolute atomic E-state index is 0.00601. The lowest BCUT2D eigenvalue weighted by Gasteiger charge is -2.55. The van der Waals surface area contributed by atoms with Gasteiger partial charge in [0, 0.05) is 118 Å². The fraction of sp³-hybridized carbons (Fsp3) is 0.676. The topological polar surface area (TPSA) is 143 Å². The van der Waals surface area contributed by atoms with E-state index in [9.17, 15) is 14.4 Å². The van der Waals surface area contributed by atoms with Gasteiger partial charge in [0.1, 0.15) is 6.04 Å². The zero-order chi connectivity index (χ0) is 60.3. The molecule has 2 aromatic carbocycles. The minimum Gasteiger partial charge on any atom is -0.465 e. The quantitative estimate of drug-likeness (QED) is 0.0395. The summed E-state index contributed by atoms with van der Waals surface area (Å²) in [5, 5.41) is 6.14. The summed E-state index contributed by atoms with van der Waals surface area (Å²) >= 11 is 0. The van der Waals surface area contributed by atoms with Crippen molar-refractivity contribution < 1.29 is 33.3 Å². The molecule has 4 atom stereocenters. The summed E-state index contributed by atoms with van der Waals surface area (Å²) in [7, 11) is 3.51. The maximum absolute atomic E-state index is 13.9. The molecule has 1 aliphatic carbocycles. The Kier molecular flexibility index (Phi) is 26.4. The fourth-order valence-electron chi connectivity index (χ4n) is 12.7. The van der Waals surface area contributed by atoms with Crippen molar-refractivity contribution in [2.45, 2.75) is 172 Å². The Hall–Kier alpha value is -4.90. The number of aromatic nitrogens is 2. The van der Waals surface area contributed by atoms with E-state index < -0.39 is 6.04 Å². The molecule has 4 fully saturated rings. The van der Waals surface area contributed by atoms with Crippen molar-refractivity contribution in [2.24, 2.45) is 28.6 Å². The van der Waals surface area contributed by atoms with E-state index in [4.69, 9.17) is 23.9 Å². The molecule has 15 heteroatoms. The van der Waals surface area contributed by atoms with Crippen LogP contribution in [-0.4, -0.2) is 154 Å². The largest absolute Gasteiger partial charge is 0.465 e. The van der Waals surface area contributed by atoms with Crippen LogP contribution < -0.4 is 15.6 Å². The number of benzene rings is 2. The predicted molar refractivity (Wildman–Crippen MR) is 338 cm³/mol. The summed E-state index contributed by atoms with van der Waals surface area (Å²) in [4.78, 5) is 51.3. The third kappa shape index (κ3) is 18.8. The summed E-state index contributed by atoms with van der Waals surface area (Å²) in [6.45, 7) is 36.9. The summed E-state index contributed by atoms with van der Waals surface area (Å²) in [6.07, 6.45) is 12.9. The molecule has 1 spiro atoms. The van der Waals surface area contributed by atoms with Gasteiger partial charge in [-0.2, -0.15) is 0 Å². The molecule has 2 N–H and O–H groups in total. The first-order valence-electron chi connectivity index (χ1n) is 31.8. The lowest BCUT2D eigenvalue weighted by atomic mass is 9.76. The Bertz CT molecular complexity index is 2610. The fourth-order valence-corrected chi connectivity index (χ4v) is 12.7. The van der Waals surface area contributed by atoms with Gasteiger partial charge in [-0.1, -0.05) is 98.6 Å². The maximum atomic E-state index is 13.9. The summed E-state index contributed by atoms with van der Waals surface area (Å²) in [5.74, 6) is -0.0388. The number of esters is 1. The Morgan fingerprint density at radius 1 is 0.892 bits per heavy atom. The van der Waals surface area contributed by atoms with Crippen molar-refractivity contribution >= 4 is 34.4 Å². The van der Waals surface area contributed by atoms with Gasteiger partial charge < -0.3 is 38.6 Å². The van der Waals surface area contributed by atoms with Crippen LogP contribution >= 0.6 is 0 Å². The number of nitrogens with one attached hydrogen (secondary N) is 2. The van der Waals surface area contributed by atoms with E-state index >= 15 is 0 Å². The van der Waals surface area contributed by atoms with Crippen molar-refractivity contribution in [1.82, 2.24) is 35.1 Å². The number of unbranched alkanes of at least 4 members (excludes halogenated alkanes) is 1. The molecular weight excluding hydrogens is 1040 g/mol. The molecule has 4 aliphatic rings. The van der Waals surface area contributed by atoms with Gasteiger partial charge in [0.2, 0.25) is 5.91 Å². The molecule has 15 nitrogen and oxygen atoms in total. The first-order chi connectivity index (χ1) is 39.8. The molecule has 0 radical (unpaired) electrons. The van der Waals surface area contributed by atoms with Crippen molar-refractivity contribution in [3.63, 3.8) is 0 Å². The number of methoxy groups -OCH3 is 1. The Balaban J connectivity index is 0.000000228. The lowest BCUT2D eigenvalue weighted by Crippen LogP contribution is -2.69. The van der Waals surface area contributed by atoms with Gasteiger partial charge in [-0.25, -0.2) is 5.43 Å². The SMILES string of the molecule is CCCCN(NC)C(=O)C(CN1CC2(COC2)C1)NC(=O)[C@@H](C(C)C)[C@H](CCC)Cc1ccccc1.CCCN(CCC)C1CC1.CCn1c(-c2cc(C)cnc2C(C)OC)c(CC(C)(C)COC(C)=O)c2cc(N3CCOCC3)ccc21. The molecule has 3 saturated heterocycles. The van der Waals surface area contributed by atoms with Crippen LogP contribution in [0.2, 0.25) is 0 Å². The van der Waals surface area contributed by atoms with Crippen LogP contribution in [0.3, 0.4) is 0 Å². The number of pyridine rings is 1. The number of aryl methyl sites for hydroxylation is 2. The molecule has 83 heavy (non-hydrogen) atoms. The molecular formula is C68H108N8O7. The highest BCUT2D eigenvalue weighted by Crippen LogP contribution is 2.43. The standard InChI is InChI=1S/C30H41N3O4.C29H48N4O3.C9H19N/c1-8-33-27-10-9-23(32-11-13-36-14-12-32)16-24(27)26(17-30(5,6)19-37-22(4)34)29(33)25-15-20(2)18-31-28(25)21(3)35-7;1-6-8-15-33(30-5)28(35)25(17-32-18-29(19-32)20-36-21-29)31-27(34)26(22(3)4)24(12-7-2)16-23-13-10-9-11-14-23;1-3-7-10(8-4-2)9-5-6-9/h9-10,15-16,18,21H,8,11-14,17,19H2,1-7H3;9-11,13-14,22,24-26,30H,6-8,12,15-21H2,1-5H3,(H,31,34);9H,3-8H2,1-2H3/t;24-,25?,26+;/m.1./s1. The van der Waals surface area contributed by atoms with E-state index in [1.165, 1.54) is 79.1 Å². The molecule has 8 rings (SSSR count). The number of ether oxygens (including phenoxy) is 4. The number of hydrogen-bond donors (Lipinski definition) is 2. The molecule has 4 aromatic rings. The molecule has 2 aromatic heterocycles. The third-order valence-electron chi connectivity index (χ3n) is 17.1. The monoisotopic (exact) mass is 1150 g/mol. The number of anilines is 1. The number of likely N-dealkylation sites (tertiary alicyclic amines) is 1. The van der Waals surface area contributed by atoms with Gasteiger partial charge in [0.25, 0.3) is 5.91 Å². The van der Waals surface area contributed by atoms with E-state index in [-0.39, 0.29) is 52.5 Å². The number of carbonyl (C=O) groups excluding carboxylic acids is 3. The number of fused-ring (bicyclic) bond motifs is 1. The molecule has 3 aliphatic heterocycles. The van der Waals surface area contributed by atoms with Gasteiger partial charge in [-0.15, -0.1) is 0 Å². The minimum atomic E-state index is -0.569. The van der Waals surface area contributed by atoms with E-state index in [1.54, 1.807) is 19.2 Å². The van der Waals surface area contributed by atoms with Crippen molar-refractivity contribution in [1.29, 1.82) is 0 Å². The first kappa shape index (κ1) is 67.2. The number of amides is 2. The van der Waals surface area contributed by atoms with Crippen LogP contribution in [0.5, 0.6) is 0 Å². The number of carbonyl (C=O) groups is 3. The Labute approximate surface area is 500 Å². The van der Waals surface area contributed by atoms with Gasteiger partial charge in [-0.05, 0) is 138 Å². The molecule has 462 valence electrons. The molecule has 1 saturated carbocycles. The molecule has 2 unspecified atom stereocenters. The van der Waals surface area contributed by atoms with E-state index in [0.29, 0.717) is 19.7 Å². The average molecular weight is 1150 g/mol. The third-order valence-corrected chi connectivity index (χ3v) is 17.1. The number of hydrogen-bond acceptors (Lipinski definition) is 12. The number of hydrazine groups is 1. The highest BCUT2D eigenvalue weighted by Gasteiger charge is 2.50. The predicted octanol–water partition coefficient (Wildman–Crippen LogP) is 11.5. The molecule has 2 amide bonds. The van der Waals surface area contributed by atoms with E-state index in [1.807, 2.05) is 19.2 Å². The smallest absolute Gasteiger partial charge is 0.302 e. The van der Waals surface area contributed by atoms with Gasteiger partial charge in [0.05, 0.1) is 50.5 Å². The van der Waals surface area contributed by atoms with Crippen LogP contribution in [0.4, 0.5) is 5.69 Å². The lowest BCUT2D eigenvalue weighted by molar-refractivity contribution is -0.190. The first-order valence-corrected chi connectivity index (χ1v) is 31.8. The molecule has 5 heterocycles. The van der Waals surface area contributed by atoms with Crippen molar-refractivity contribution in [3.05, 3.63) is 83.2 Å². The Morgan fingerprint density at radius 2 is 1.58 bits per heavy atom. The van der Waals surface area contributed by atoms with Gasteiger partial charge in [0.15, 0.2) is 0 Å². The zero-order valence-electron chi connectivity index (χ0n) is 53.7. The van der Waals surface area contributed by atoms with Crippen LogP contribution in [0.1, 0.15) is 156 Å². The van der Waals surface area contributed by atoms with Crippen molar-refractivity contribution in [3.8, 4) is 11.3 Å². The average Bonchev–Trinajstić information content (AvgIpc) is 2.48. The van der Waals surface area contributed by atoms with Gasteiger partial charge >= 0.3 is 5.97 Å². The summed E-state index contributed by atoms with van der Waals surface area (Å²) in [5.41, 5.74) is 12.3. The highest BCUT2D eigenvalue weighted by molar-refractivity contribution is 5.95. The maximum Gasteiger partial charge on any atom is 0.302 e. The summed E-state index contributed by atoms with van der Waals surface area (Å²) in [6, 6.07) is 19.9. The van der Waals surface area contributed by atoms with Crippen LogP contribution in [-0.2, 0) is 52.7 Å². The van der Waals surface area contributed by atoms with Crippen LogP contribution in [0.25, 0.3) is 22.2 Å². The Morgan fingerprint density at radius 3 is 2.13 bits per heavy atom. The van der Waals surface area contributed by atoms with E-state index in [0.717, 1.165) is 121 Å².